The first-order valence-electron chi connectivity index (χ1n) is 15.2. The summed E-state index contributed by atoms with van der Waals surface area (Å²) in [6.45, 7) is 2.91. The Morgan fingerprint density at radius 2 is 1.70 bits per heavy atom. The molecule has 0 fully saturated rings. The van der Waals surface area contributed by atoms with Crippen molar-refractivity contribution < 1.29 is 32.3 Å². The van der Waals surface area contributed by atoms with E-state index < -0.39 is 23.8 Å². The molecule has 0 aliphatic carbocycles. The van der Waals surface area contributed by atoms with Gasteiger partial charge in [-0.1, -0.05) is 36.4 Å². The van der Waals surface area contributed by atoms with Gasteiger partial charge in [0.15, 0.2) is 5.88 Å². The maximum Gasteiger partial charge on any atom is 0.416 e. The number of carbonyl (C=O) groups is 1. The molecule has 2 heterocycles. The van der Waals surface area contributed by atoms with Crippen LogP contribution in [0.1, 0.15) is 47.6 Å². The van der Waals surface area contributed by atoms with Crippen LogP contribution in [0.4, 0.5) is 29.3 Å². The summed E-state index contributed by atoms with van der Waals surface area (Å²) >= 11 is 0. The lowest BCUT2D eigenvalue weighted by Gasteiger charge is -2.33. The highest BCUT2D eigenvalue weighted by Crippen LogP contribution is 2.45. The zero-order valence-electron chi connectivity index (χ0n) is 25.8. The van der Waals surface area contributed by atoms with Crippen molar-refractivity contribution in [1.82, 2.24) is 9.88 Å². The number of anilines is 2. The molecule has 4 aromatic rings. The zero-order valence-corrected chi connectivity index (χ0v) is 25.8. The topological polar surface area (TPSA) is 90.5 Å². The number of halogens is 3. The molecule has 240 valence electrons. The summed E-state index contributed by atoms with van der Waals surface area (Å²) in [5, 5.41) is 23.5. The van der Waals surface area contributed by atoms with Gasteiger partial charge < -0.3 is 24.2 Å². The van der Waals surface area contributed by atoms with Gasteiger partial charge in [0.25, 0.3) is 0 Å². The molecule has 2 N–H and O–H groups in total. The SMILES string of the molecule is C[N+](C)(CCCCn1cc2c(c1O)[C@@H](c1ccc(C#N)cc1)NC(=O)N2c1cccc(C(F)(F)F)c1)CCCOc1ccccc1. The highest BCUT2D eigenvalue weighted by Gasteiger charge is 2.38. The van der Waals surface area contributed by atoms with Crippen LogP contribution in [0.2, 0.25) is 0 Å². The first kappa shape index (κ1) is 32.4. The number of quaternary nitrogens is 1. The number of benzene rings is 3. The normalized spacial score (nSPS) is 14.8. The summed E-state index contributed by atoms with van der Waals surface area (Å²) in [5.74, 6) is 0.778. The van der Waals surface area contributed by atoms with Gasteiger partial charge in [-0.05, 0) is 60.9 Å². The van der Waals surface area contributed by atoms with Crippen molar-refractivity contribution >= 4 is 17.4 Å². The van der Waals surface area contributed by atoms with Gasteiger partial charge in [0, 0.05) is 19.2 Å². The van der Waals surface area contributed by atoms with E-state index in [2.05, 4.69) is 25.5 Å². The first-order valence-corrected chi connectivity index (χ1v) is 15.2. The second kappa shape index (κ2) is 13.6. The Hall–Kier alpha value is -4.95. The monoisotopic (exact) mass is 632 g/mol. The first-order chi connectivity index (χ1) is 22.0. The van der Waals surface area contributed by atoms with E-state index in [0.717, 1.165) is 54.7 Å². The van der Waals surface area contributed by atoms with Crippen LogP contribution in [-0.4, -0.2) is 54.0 Å². The summed E-state index contributed by atoms with van der Waals surface area (Å²) in [5.41, 5.74) is 0.869. The van der Waals surface area contributed by atoms with Crippen LogP contribution in [0, 0.1) is 11.3 Å². The number of carbonyl (C=O) groups excluding carboxylic acids is 1. The molecule has 5 rings (SSSR count). The lowest BCUT2D eigenvalue weighted by atomic mass is 9.96. The number of aromatic hydroxyl groups is 1. The Balaban J connectivity index is 1.32. The molecule has 0 saturated heterocycles. The van der Waals surface area contributed by atoms with Crippen molar-refractivity contribution in [3.8, 4) is 17.7 Å². The van der Waals surface area contributed by atoms with Gasteiger partial charge in [-0.15, -0.1) is 0 Å². The van der Waals surface area contributed by atoms with E-state index >= 15 is 0 Å². The molecule has 0 saturated carbocycles. The lowest BCUT2D eigenvalue weighted by molar-refractivity contribution is -0.890. The number of para-hydroxylation sites is 1. The van der Waals surface area contributed by atoms with Gasteiger partial charge in [0.2, 0.25) is 0 Å². The number of aromatic nitrogens is 1. The molecular formula is C35H37F3N5O3+. The van der Waals surface area contributed by atoms with Gasteiger partial charge >= 0.3 is 12.2 Å². The smallest absolute Gasteiger partial charge is 0.416 e. The van der Waals surface area contributed by atoms with Crippen molar-refractivity contribution in [2.45, 2.75) is 38.0 Å². The van der Waals surface area contributed by atoms with Crippen molar-refractivity contribution in [2.24, 2.45) is 0 Å². The third-order valence-corrected chi connectivity index (χ3v) is 8.20. The third-order valence-electron chi connectivity index (χ3n) is 8.20. The molecule has 0 unspecified atom stereocenters. The summed E-state index contributed by atoms with van der Waals surface area (Å²) in [6.07, 6.45) is -0.471. The predicted molar refractivity (Wildman–Crippen MR) is 169 cm³/mol. The molecule has 8 nitrogen and oxygen atoms in total. The number of fused-ring (bicyclic) bond motifs is 1. The van der Waals surface area contributed by atoms with Crippen molar-refractivity contribution in [2.75, 3.05) is 38.7 Å². The molecule has 46 heavy (non-hydrogen) atoms. The Labute approximate surface area is 266 Å². The molecule has 0 radical (unpaired) electrons. The highest BCUT2D eigenvalue weighted by atomic mass is 19.4. The number of ether oxygens (including phenoxy) is 1. The van der Waals surface area contributed by atoms with Crippen LogP contribution in [0.5, 0.6) is 11.6 Å². The summed E-state index contributed by atoms with van der Waals surface area (Å²) < 4.78 is 49.0. The van der Waals surface area contributed by atoms with Crippen LogP contribution in [0.3, 0.4) is 0 Å². The van der Waals surface area contributed by atoms with E-state index in [1.165, 1.54) is 17.0 Å². The number of aryl methyl sites for hydroxylation is 1. The van der Waals surface area contributed by atoms with Crippen molar-refractivity contribution in [3.63, 3.8) is 0 Å². The number of nitriles is 1. The second-order valence-corrected chi connectivity index (χ2v) is 12.0. The van der Waals surface area contributed by atoms with Crippen LogP contribution in [-0.2, 0) is 12.7 Å². The Kier molecular flexibility index (Phi) is 9.58. The number of rotatable bonds is 12. The van der Waals surface area contributed by atoms with E-state index in [-0.39, 0.29) is 11.6 Å². The van der Waals surface area contributed by atoms with Gasteiger partial charge in [-0.3, -0.25) is 4.90 Å². The summed E-state index contributed by atoms with van der Waals surface area (Å²) in [4.78, 5) is 14.6. The molecule has 0 bridgehead atoms. The molecule has 11 heteroatoms. The molecular weight excluding hydrogens is 595 g/mol. The average Bonchev–Trinajstić information content (AvgIpc) is 3.36. The van der Waals surface area contributed by atoms with E-state index in [4.69, 9.17) is 4.74 Å². The minimum atomic E-state index is -4.59. The third kappa shape index (κ3) is 7.46. The Bertz CT molecular complexity index is 1700. The van der Waals surface area contributed by atoms with Gasteiger partial charge in [-0.2, -0.15) is 18.4 Å². The largest absolute Gasteiger partial charge is 0.494 e. The minimum Gasteiger partial charge on any atom is -0.494 e. The number of alkyl halides is 3. The van der Waals surface area contributed by atoms with Gasteiger partial charge in [0.1, 0.15) is 5.75 Å². The van der Waals surface area contributed by atoms with Crippen LogP contribution in [0.15, 0.2) is 85.1 Å². The molecule has 1 atom stereocenters. The number of amides is 2. The Morgan fingerprint density at radius 1 is 0.978 bits per heavy atom. The number of unbranched alkanes of at least 4 members (excludes halogenated alkanes) is 1. The van der Waals surface area contributed by atoms with E-state index in [9.17, 15) is 28.3 Å². The zero-order chi connectivity index (χ0) is 32.9. The maximum atomic E-state index is 13.6. The average molecular weight is 633 g/mol. The number of nitrogens with zero attached hydrogens (tertiary/aromatic N) is 4. The van der Waals surface area contributed by atoms with Crippen molar-refractivity contribution in [3.05, 3.63) is 107 Å². The quantitative estimate of drug-likeness (QED) is 0.126. The van der Waals surface area contributed by atoms with Crippen LogP contribution in [0.25, 0.3) is 0 Å². The van der Waals surface area contributed by atoms with E-state index in [0.29, 0.717) is 35.5 Å². The predicted octanol–water partition coefficient (Wildman–Crippen LogP) is 7.36. The fourth-order valence-electron chi connectivity index (χ4n) is 5.75. The Morgan fingerprint density at radius 3 is 2.39 bits per heavy atom. The summed E-state index contributed by atoms with van der Waals surface area (Å²) in [6, 6.07) is 21.5. The number of urea groups is 1. The highest BCUT2D eigenvalue weighted by molar-refractivity contribution is 6.03. The van der Waals surface area contributed by atoms with E-state index in [1.807, 2.05) is 30.3 Å². The number of hydrogen-bond acceptors (Lipinski definition) is 4. The molecule has 1 aliphatic heterocycles. The molecule has 1 aromatic heterocycles. The standard InChI is InChI=1S/C35H36F3N5O3/c1-43(2,20-9-21-46-29-12-4-3-5-13-29)19-7-6-18-41-24-30-31(33(41)44)32(26-16-14-25(23-39)15-17-26)40-34(45)42(30)28-11-8-10-27(22-28)35(36,37)38/h3-5,8,10-17,22,24,32H,6-7,9,18-21H2,1-2H3,(H-,40,44,45)/p+1/t32-/m1/s1. The number of nitrogens with one attached hydrogen (secondary N) is 1. The van der Waals surface area contributed by atoms with Gasteiger partial charge in [0.05, 0.1) is 74.0 Å². The molecule has 1 aliphatic rings. The van der Waals surface area contributed by atoms with Crippen LogP contribution >= 0.6 is 0 Å². The van der Waals surface area contributed by atoms with Crippen LogP contribution < -0.4 is 15.0 Å². The van der Waals surface area contributed by atoms with Gasteiger partial charge in [-0.25, -0.2) is 4.79 Å². The summed E-state index contributed by atoms with van der Waals surface area (Å²) in [7, 11) is 4.33. The van der Waals surface area contributed by atoms with Crippen molar-refractivity contribution in [1.29, 1.82) is 5.26 Å². The fourth-order valence-corrected chi connectivity index (χ4v) is 5.75. The molecule has 3 aromatic carbocycles. The molecule has 0 spiro atoms. The minimum absolute atomic E-state index is 0.0271. The number of hydrogen-bond donors (Lipinski definition) is 2. The maximum absolute atomic E-state index is 13.6. The fraction of sp³-hybridized carbons (Fsp3) is 0.314. The lowest BCUT2D eigenvalue weighted by Crippen LogP contribution is -2.44. The molecule has 2 amide bonds. The van der Waals surface area contributed by atoms with E-state index in [1.54, 1.807) is 35.0 Å². The second-order valence-electron chi connectivity index (χ2n) is 12.0.